The van der Waals surface area contributed by atoms with Crippen molar-refractivity contribution in [3.63, 3.8) is 0 Å². The topological polar surface area (TPSA) is 40.5 Å². The van der Waals surface area contributed by atoms with Crippen molar-refractivity contribution in [1.82, 2.24) is 4.90 Å². The molecule has 19 heavy (non-hydrogen) atoms. The van der Waals surface area contributed by atoms with Crippen molar-refractivity contribution >= 4 is 12.0 Å². The zero-order chi connectivity index (χ0) is 13.8. The quantitative estimate of drug-likeness (QED) is 0.911. The van der Waals surface area contributed by atoms with E-state index in [4.69, 9.17) is 5.11 Å². The minimum absolute atomic E-state index is 0.436. The van der Waals surface area contributed by atoms with Gasteiger partial charge in [-0.1, -0.05) is 18.2 Å². The molecule has 0 saturated carbocycles. The molecule has 1 heterocycles. The van der Waals surface area contributed by atoms with E-state index in [2.05, 4.69) is 0 Å². The van der Waals surface area contributed by atoms with E-state index in [0.717, 1.165) is 25.1 Å². The Labute approximate surface area is 110 Å². The summed E-state index contributed by atoms with van der Waals surface area (Å²) in [6.07, 6.45) is 4.97. The lowest BCUT2D eigenvalue weighted by Gasteiger charge is -2.18. The highest BCUT2D eigenvalue weighted by molar-refractivity contribution is 5.73. The van der Waals surface area contributed by atoms with Crippen LogP contribution >= 0.6 is 0 Å². The van der Waals surface area contributed by atoms with Crippen LogP contribution in [0.5, 0.6) is 0 Å². The van der Waals surface area contributed by atoms with Crippen LogP contribution in [0.4, 0.5) is 8.78 Å². The molecule has 1 aliphatic heterocycles. The van der Waals surface area contributed by atoms with Crippen LogP contribution in [-0.2, 0) is 4.79 Å². The summed E-state index contributed by atoms with van der Waals surface area (Å²) in [4.78, 5) is 12.8. The molecule has 1 aromatic carbocycles. The third-order valence-electron chi connectivity index (χ3n) is 3.24. The molecule has 1 fully saturated rings. The highest BCUT2D eigenvalue weighted by Crippen LogP contribution is 2.17. The number of benzene rings is 1. The van der Waals surface area contributed by atoms with Gasteiger partial charge in [0, 0.05) is 6.54 Å². The van der Waals surface area contributed by atoms with Crippen LogP contribution in [0.2, 0.25) is 0 Å². The molecule has 5 heteroatoms. The monoisotopic (exact) mass is 267 g/mol. The van der Waals surface area contributed by atoms with Gasteiger partial charge >= 0.3 is 5.97 Å². The number of nitrogens with zero attached hydrogens (tertiary/aromatic N) is 1. The Kier molecular flexibility index (Phi) is 4.27. The van der Waals surface area contributed by atoms with Gasteiger partial charge < -0.3 is 5.11 Å². The van der Waals surface area contributed by atoms with Gasteiger partial charge in [0.05, 0.1) is 0 Å². The van der Waals surface area contributed by atoms with Crippen molar-refractivity contribution in [1.29, 1.82) is 0 Å². The third-order valence-corrected chi connectivity index (χ3v) is 3.24. The Morgan fingerprint density at radius 1 is 1.42 bits per heavy atom. The summed E-state index contributed by atoms with van der Waals surface area (Å²) in [7, 11) is 0. The van der Waals surface area contributed by atoms with Crippen LogP contribution in [-0.4, -0.2) is 35.1 Å². The van der Waals surface area contributed by atoms with Gasteiger partial charge in [-0.15, -0.1) is 0 Å². The summed E-state index contributed by atoms with van der Waals surface area (Å²) in [6.45, 7) is 1.25. The van der Waals surface area contributed by atoms with Gasteiger partial charge in [-0.2, -0.15) is 0 Å². The number of carboxylic acids is 1. The summed E-state index contributed by atoms with van der Waals surface area (Å²) in [5.74, 6) is -2.56. The molecule has 1 N–H and O–H groups in total. The number of halogens is 2. The molecule has 102 valence electrons. The van der Waals surface area contributed by atoms with E-state index in [1.54, 1.807) is 12.2 Å². The standard InChI is InChI=1S/C14H15F2NO2/c15-11-6-5-10(9-12(11)16)3-1-7-17-8-2-4-13(17)14(18)19/h1,3,5-6,9,13H,2,4,7-8H2,(H,18,19)/b3-1+. The highest BCUT2D eigenvalue weighted by Gasteiger charge is 2.29. The van der Waals surface area contributed by atoms with Crippen LogP contribution in [0.15, 0.2) is 24.3 Å². The second kappa shape index (κ2) is 5.93. The van der Waals surface area contributed by atoms with Crippen molar-refractivity contribution in [3.05, 3.63) is 41.5 Å². The molecule has 0 spiro atoms. The maximum absolute atomic E-state index is 13.0. The van der Waals surface area contributed by atoms with Crippen molar-refractivity contribution < 1.29 is 18.7 Å². The smallest absolute Gasteiger partial charge is 0.320 e. The average molecular weight is 267 g/mol. The molecular formula is C14H15F2NO2. The zero-order valence-electron chi connectivity index (χ0n) is 10.4. The lowest BCUT2D eigenvalue weighted by Crippen LogP contribution is -2.35. The van der Waals surface area contributed by atoms with E-state index in [1.165, 1.54) is 6.07 Å². The summed E-state index contributed by atoms with van der Waals surface area (Å²) < 4.78 is 25.7. The number of carboxylic acid groups (broad SMARTS) is 1. The predicted molar refractivity (Wildman–Crippen MR) is 67.6 cm³/mol. The van der Waals surface area contributed by atoms with Gasteiger partial charge in [0.25, 0.3) is 0 Å². The largest absolute Gasteiger partial charge is 0.480 e. The molecule has 2 rings (SSSR count). The summed E-state index contributed by atoms with van der Waals surface area (Å²) in [6, 6.07) is 3.23. The Morgan fingerprint density at radius 2 is 2.21 bits per heavy atom. The third kappa shape index (κ3) is 3.38. The molecule has 1 unspecified atom stereocenters. The molecule has 3 nitrogen and oxygen atoms in total. The number of hydrogen-bond acceptors (Lipinski definition) is 2. The molecule has 1 aromatic rings. The molecule has 1 atom stereocenters. The molecule has 0 bridgehead atoms. The summed E-state index contributed by atoms with van der Waals surface area (Å²) >= 11 is 0. The van der Waals surface area contributed by atoms with Gasteiger partial charge in [-0.25, -0.2) is 8.78 Å². The van der Waals surface area contributed by atoms with Gasteiger partial charge in [0.15, 0.2) is 11.6 Å². The fourth-order valence-corrected chi connectivity index (χ4v) is 2.26. The number of carbonyl (C=O) groups is 1. The van der Waals surface area contributed by atoms with E-state index < -0.39 is 23.6 Å². The predicted octanol–water partition coefficient (Wildman–Crippen LogP) is 2.53. The number of likely N-dealkylation sites (tertiary alicyclic amines) is 1. The first-order chi connectivity index (χ1) is 9.08. The molecule has 0 radical (unpaired) electrons. The van der Waals surface area contributed by atoms with Crippen molar-refractivity contribution in [2.75, 3.05) is 13.1 Å². The fraction of sp³-hybridized carbons (Fsp3) is 0.357. The van der Waals surface area contributed by atoms with E-state index in [9.17, 15) is 13.6 Å². The Bertz CT molecular complexity index is 502. The first-order valence-corrected chi connectivity index (χ1v) is 6.16. The highest BCUT2D eigenvalue weighted by atomic mass is 19.2. The van der Waals surface area contributed by atoms with E-state index in [1.807, 2.05) is 4.90 Å². The van der Waals surface area contributed by atoms with Crippen LogP contribution in [0.25, 0.3) is 6.08 Å². The molecular weight excluding hydrogens is 252 g/mol. The van der Waals surface area contributed by atoms with Crippen LogP contribution in [0.1, 0.15) is 18.4 Å². The Hall–Kier alpha value is -1.75. The number of rotatable bonds is 4. The molecule has 0 amide bonds. The number of hydrogen-bond donors (Lipinski definition) is 1. The van der Waals surface area contributed by atoms with Crippen LogP contribution in [0.3, 0.4) is 0 Å². The van der Waals surface area contributed by atoms with Crippen molar-refractivity contribution in [3.8, 4) is 0 Å². The molecule has 1 aliphatic rings. The normalized spacial score (nSPS) is 20.2. The summed E-state index contributed by atoms with van der Waals surface area (Å²) in [5, 5.41) is 9.01. The Balaban J connectivity index is 1.96. The lowest BCUT2D eigenvalue weighted by atomic mass is 10.2. The first-order valence-electron chi connectivity index (χ1n) is 6.16. The molecule has 0 aromatic heterocycles. The second-order valence-electron chi connectivity index (χ2n) is 4.57. The molecule has 1 saturated heterocycles. The SMILES string of the molecule is O=C(O)C1CCCN1C/C=C/c1ccc(F)c(F)c1. The van der Waals surface area contributed by atoms with Gasteiger partial charge in [0.1, 0.15) is 6.04 Å². The van der Waals surface area contributed by atoms with E-state index >= 15 is 0 Å². The first kappa shape index (κ1) is 13.7. The van der Waals surface area contributed by atoms with E-state index in [-0.39, 0.29) is 0 Å². The van der Waals surface area contributed by atoms with Gasteiger partial charge in [0.2, 0.25) is 0 Å². The number of aliphatic carboxylic acids is 1. The second-order valence-corrected chi connectivity index (χ2v) is 4.57. The van der Waals surface area contributed by atoms with Crippen molar-refractivity contribution in [2.24, 2.45) is 0 Å². The van der Waals surface area contributed by atoms with E-state index in [0.29, 0.717) is 18.5 Å². The summed E-state index contributed by atoms with van der Waals surface area (Å²) in [5.41, 5.74) is 0.560. The Morgan fingerprint density at radius 3 is 2.89 bits per heavy atom. The van der Waals surface area contributed by atoms with Gasteiger partial charge in [-0.3, -0.25) is 9.69 Å². The lowest BCUT2D eigenvalue weighted by molar-refractivity contribution is -0.141. The van der Waals surface area contributed by atoms with Crippen molar-refractivity contribution in [2.45, 2.75) is 18.9 Å². The molecule has 0 aliphatic carbocycles. The zero-order valence-corrected chi connectivity index (χ0v) is 10.4. The van der Waals surface area contributed by atoms with Crippen LogP contribution < -0.4 is 0 Å². The maximum atomic E-state index is 13.0. The average Bonchev–Trinajstić information content (AvgIpc) is 2.82. The minimum atomic E-state index is -0.883. The fourth-order valence-electron chi connectivity index (χ4n) is 2.26. The maximum Gasteiger partial charge on any atom is 0.320 e. The minimum Gasteiger partial charge on any atom is -0.480 e. The van der Waals surface area contributed by atoms with Gasteiger partial charge in [-0.05, 0) is 37.1 Å². The van der Waals surface area contributed by atoms with Crippen LogP contribution in [0, 0.1) is 11.6 Å².